The molecule has 3 aromatic rings. The Labute approximate surface area is 135 Å². The highest BCUT2D eigenvalue weighted by molar-refractivity contribution is 5.99. The molecule has 0 saturated carbocycles. The van der Waals surface area contributed by atoms with E-state index < -0.39 is 0 Å². The van der Waals surface area contributed by atoms with E-state index in [0.717, 1.165) is 5.69 Å². The maximum absolute atomic E-state index is 11.9. The van der Waals surface area contributed by atoms with E-state index in [1.807, 2.05) is 42.6 Å². The quantitative estimate of drug-likeness (QED) is 0.768. The van der Waals surface area contributed by atoms with E-state index >= 15 is 0 Å². The van der Waals surface area contributed by atoms with Crippen LogP contribution in [-0.2, 0) is 6.54 Å². The summed E-state index contributed by atoms with van der Waals surface area (Å²) in [6, 6.07) is 17.3. The molecule has 1 heterocycles. The number of carbonyl (C=O) groups excluding carboxylic acids is 1. The first-order valence-corrected chi connectivity index (χ1v) is 7.40. The molecular formula is C18H18N4O. The predicted octanol–water partition coefficient (Wildman–Crippen LogP) is 3.88. The fourth-order valence-electron chi connectivity index (χ4n) is 2.33. The Morgan fingerprint density at radius 2 is 1.83 bits per heavy atom. The molecule has 0 atom stereocenters. The van der Waals surface area contributed by atoms with Gasteiger partial charge in [0, 0.05) is 11.9 Å². The minimum Gasteiger partial charge on any atom is -0.308 e. The summed E-state index contributed by atoms with van der Waals surface area (Å²) in [4.78, 5) is 11.9. The van der Waals surface area contributed by atoms with Gasteiger partial charge >= 0.3 is 6.03 Å². The largest absolute Gasteiger partial charge is 0.323 e. The van der Waals surface area contributed by atoms with E-state index in [9.17, 15) is 4.79 Å². The van der Waals surface area contributed by atoms with Crippen LogP contribution < -0.4 is 10.6 Å². The summed E-state index contributed by atoms with van der Waals surface area (Å²) >= 11 is 0. The zero-order valence-corrected chi connectivity index (χ0v) is 12.9. The highest BCUT2D eigenvalue weighted by Crippen LogP contribution is 2.11. The Kier molecular flexibility index (Phi) is 4.38. The molecular weight excluding hydrogens is 288 g/mol. The van der Waals surface area contributed by atoms with E-state index in [2.05, 4.69) is 40.9 Å². The topological polar surface area (TPSA) is 59.0 Å². The SMILES string of the molecule is Cc1cccc(Cn2cc(NC(=O)Nc3ccccc3)cn2)c1. The molecule has 0 aliphatic heterocycles. The number of aryl methyl sites for hydroxylation is 1. The third-order valence-electron chi connectivity index (χ3n) is 3.35. The van der Waals surface area contributed by atoms with Gasteiger partial charge in [0.05, 0.1) is 18.4 Å². The van der Waals surface area contributed by atoms with Gasteiger partial charge in [-0.15, -0.1) is 0 Å². The molecule has 0 unspecified atom stereocenters. The summed E-state index contributed by atoms with van der Waals surface area (Å²) in [6.07, 6.45) is 3.45. The second-order valence-electron chi connectivity index (χ2n) is 5.36. The summed E-state index contributed by atoms with van der Waals surface area (Å²) < 4.78 is 1.80. The van der Waals surface area contributed by atoms with Crippen LogP contribution in [0.4, 0.5) is 16.2 Å². The second kappa shape index (κ2) is 6.79. The number of aromatic nitrogens is 2. The number of amides is 2. The van der Waals surface area contributed by atoms with Gasteiger partial charge in [0.25, 0.3) is 0 Å². The van der Waals surface area contributed by atoms with Crippen molar-refractivity contribution in [2.75, 3.05) is 10.6 Å². The first-order chi connectivity index (χ1) is 11.2. The van der Waals surface area contributed by atoms with E-state index in [1.165, 1.54) is 11.1 Å². The molecule has 5 heteroatoms. The Hall–Kier alpha value is -3.08. The minimum absolute atomic E-state index is 0.286. The highest BCUT2D eigenvalue weighted by atomic mass is 16.2. The van der Waals surface area contributed by atoms with Crippen molar-refractivity contribution in [3.8, 4) is 0 Å². The molecule has 2 amide bonds. The van der Waals surface area contributed by atoms with Crippen molar-refractivity contribution in [1.82, 2.24) is 9.78 Å². The molecule has 1 aromatic heterocycles. The van der Waals surface area contributed by atoms with Crippen molar-refractivity contribution < 1.29 is 4.79 Å². The lowest BCUT2D eigenvalue weighted by atomic mass is 10.1. The molecule has 0 saturated heterocycles. The zero-order chi connectivity index (χ0) is 16.1. The van der Waals surface area contributed by atoms with Crippen LogP contribution in [0.3, 0.4) is 0 Å². The fraction of sp³-hybridized carbons (Fsp3) is 0.111. The van der Waals surface area contributed by atoms with E-state index in [4.69, 9.17) is 0 Å². The third-order valence-corrected chi connectivity index (χ3v) is 3.35. The van der Waals surface area contributed by atoms with Crippen LogP contribution in [0.2, 0.25) is 0 Å². The van der Waals surface area contributed by atoms with Gasteiger partial charge in [0.2, 0.25) is 0 Å². The van der Waals surface area contributed by atoms with Gasteiger partial charge in [-0.05, 0) is 24.6 Å². The van der Waals surface area contributed by atoms with Crippen molar-refractivity contribution in [3.63, 3.8) is 0 Å². The first-order valence-electron chi connectivity index (χ1n) is 7.40. The lowest BCUT2D eigenvalue weighted by Crippen LogP contribution is -2.19. The lowest BCUT2D eigenvalue weighted by Gasteiger charge is -2.05. The van der Waals surface area contributed by atoms with E-state index in [1.54, 1.807) is 10.9 Å². The van der Waals surface area contributed by atoms with E-state index in [-0.39, 0.29) is 6.03 Å². The number of benzene rings is 2. The van der Waals surface area contributed by atoms with Crippen LogP contribution in [0, 0.1) is 6.92 Å². The fourth-order valence-corrected chi connectivity index (χ4v) is 2.33. The van der Waals surface area contributed by atoms with Gasteiger partial charge in [-0.1, -0.05) is 48.0 Å². The lowest BCUT2D eigenvalue weighted by molar-refractivity contribution is 0.262. The van der Waals surface area contributed by atoms with Gasteiger partial charge in [0.15, 0.2) is 0 Å². The van der Waals surface area contributed by atoms with Crippen molar-refractivity contribution >= 4 is 17.4 Å². The van der Waals surface area contributed by atoms with Crippen LogP contribution in [-0.4, -0.2) is 15.8 Å². The number of anilines is 2. The number of rotatable bonds is 4. The molecule has 0 spiro atoms. The minimum atomic E-state index is -0.286. The maximum Gasteiger partial charge on any atom is 0.323 e. The number of urea groups is 1. The van der Waals surface area contributed by atoms with Crippen LogP contribution in [0.1, 0.15) is 11.1 Å². The summed E-state index contributed by atoms with van der Waals surface area (Å²) in [6.45, 7) is 2.73. The number of carbonyl (C=O) groups is 1. The maximum atomic E-state index is 11.9. The Morgan fingerprint density at radius 3 is 2.61 bits per heavy atom. The van der Waals surface area contributed by atoms with Crippen molar-refractivity contribution in [1.29, 1.82) is 0 Å². The normalized spacial score (nSPS) is 10.3. The van der Waals surface area contributed by atoms with Gasteiger partial charge in [-0.2, -0.15) is 5.10 Å². The Bertz CT molecular complexity index is 796. The van der Waals surface area contributed by atoms with Crippen LogP contribution in [0.25, 0.3) is 0 Å². The van der Waals surface area contributed by atoms with Gasteiger partial charge in [-0.25, -0.2) is 4.79 Å². The van der Waals surface area contributed by atoms with Gasteiger partial charge < -0.3 is 10.6 Å². The van der Waals surface area contributed by atoms with Crippen LogP contribution in [0.15, 0.2) is 67.0 Å². The number of nitrogens with one attached hydrogen (secondary N) is 2. The zero-order valence-electron chi connectivity index (χ0n) is 12.9. The van der Waals surface area contributed by atoms with Gasteiger partial charge in [-0.3, -0.25) is 4.68 Å². The molecule has 2 N–H and O–H groups in total. The summed E-state index contributed by atoms with van der Waals surface area (Å²) in [5.41, 5.74) is 3.80. The summed E-state index contributed by atoms with van der Waals surface area (Å²) in [5, 5.41) is 9.82. The summed E-state index contributed by atoms with van der Waals surface area (Å²) in [7, 11) is 0. The molecule has 0 aliphatic rings. The molecule has 116 valence electrons. The smallest absolute Gasteiger partial charge is 0.308 e. The second-order valence-corrected chi connectivity index (χ2v) is 5.36. The standard InChI is InChI=1S/C18H18N4O/c1-14-6-5-7-15(10-14)12-22-13-17(11-19-22)21-18(23)20-16-8-3-2-4-9-16/h2-11,13H,12H2,1H3,(H2,20,21,23). The molecule has 23 heavy (non-hydrogen) atoms. The molecule has 5 nitrogen and oxygen atoms in total. The molecule has 0 fully saturated rings. The Morgan fingerprint density at radius 1 is 1.04 bits per heavy atom. The molecule has 2 aromatic carbocycles. The average Bonchev–Trinajstić information content (AvgIpc) is 2.95. The Balaban J connectivity index is 1.60. The molecule has 3 rings (SSSR count). The highest BCUT2D eigenvalue weighted by Gasteiger charge is 2.05. The van der Waals surface area contributed by atoms with Gasteiger partial charge in [0.1, 0.15) is 0 Å². The molecule has 0 bridgehead atoms. The average molecular weight is 306 g/mol. The monoisotopic (exact) mass is 306 g/mol. The van der Waals surface area contributed by atoms with Crippen molar-refractivity contribution in [2.45, 2.75) is 13.5 Å². The summed E-state index contributed by atoms with van der Waals surface area (Å²) in [5.74, 6) is 0. The number of nitrogens with zero attached hydrogens (tertiary/aromatic N) is 2. The number of hydrogen-bond donors (Lipinski definition) is 2. The molecule has 0 aliphatic carbocycles. The van der Waals surface area contributed by atoms with Crippen LogP contribution >= 0.6 is 0 Å². The van der Waals surface area contributed by atoms with Crippen LogP contribution in [0.5, 0.6) is 0 Å². The molecule has 0 radical (unpaired) electrons. The first kappa shape index (κ1) is 14.8. The van der Waals surface area contributed by atoms with Crippen molar-refractivity contribution in [2.24, 2.45) is 0 Å². The van der Waals surface area contributed by atoms with E-state index in [0.29, 0.717) is 12.2 Å². The van der Waals surface area contributed by atoms with Crippen molar-refractivity contribution in [3.05, 3.63) is 78.1 Å². The number of para-hydroxylation sites is 1. The third kappa shape index (κ3) is 4.20. The number of hydrogen-bond acceptors (Lipinski definition) is 2. The predicted molar refractivity (Wildman–Crippen MR) is 91.6 cm³/mol.